The van der Waals surface area contributed by atoms with E-state index in [0.717, 1.165) is 11.1 Å². The number of carbonyl (C=O) groups is 1. The lowest BCUT2D eigenvalue weighted by Gasteiger charge is -2.07. The SMILES string of the molecule is Cc1ccc(F)cc1NC(=O)c1ccc2[nH]cnc2n1. The van der Waals surface area contributed by atoms with Gasteiger partial charge in [-0.25, -0.2) is 14.4 Å². The van der Waals surface area contributed by atoms with Crippen molar-refractivity contribution >= 4 is 22.8 Å². The summed E-state index contributed by atoms with van der Waals surface area (Å²) in [7, 11) is 0. The summed E-state index contributed by atoms with van der Waals surface area (Å²) in [6.07, 6.45) is 1.51. The molecule has 0 radical (unpaired) electrons. The van der Waals surface area contributed by atoms with Gasteiger partial charge in [0.15, 0.2) is 5.65 Å². The Balaban J connectivity index is 1.90. The molecule has 0 saturated heterocycles. The zero-order valence-electron chi connectivity index (χ0n) is 10.6. The van der Waals surface area contributed by atoms with Gasteiger partial charge < -0.3 is 10.3 Å². The largest absolute Gasteiger partial charge is 0.343 e. The van der Waals surface area contributed by atoms with E-state index in [2.05, 4.69) is 20.3 Å². The molecule has 0 spiro atoms. The quantitative estimate of drug-likeness (QED) is 0.752. The third kappa shape index (κ3) is 2.23. The Morgan fingerprint density at radius 3 is 3.00 bits per heavy atom. The topological polar surface area (TPSA) is 70.7 Å². The van der Waals surface area contributed by atoms with Crippen LogP contribution in [0.3, 0.4) is 0 Å². The summed E-state index contributed by atoms with van der Waals surface area (Å²) in [5.74, 6) is -0.801. The number of pyridine rings is 1. The second-order valence-corrected chi connectivity index (χ2v) is 4.38. The molecule has 100 valence electrons. The van der Waals surface area contributed by atoms with Crippen LogP contribution in [-0.2, 0) is 0 Å². The summed E-state index contributed by atoms with van der Waals surface area (Å²) in [5.41, 5.74) is 2.66. The van der Waals surface area contributed by atoms with Gasteiger partial charge >= 0.3 is 0 Å². The number of fused-ring (bicyclic) bond motifs is 1. The first-order chi connectivity index (χ1) is 9.63. The van der Waals surface area contributed by atoms with Crippen molar-refractivity contribution in [1.82, 2.24) is 15.0 Å². The minimum Gasteiger partial charge on any atom is -0.343 e. The maximum Gasteiger partial charge on any atom is 0.274 e. The van der Waals surface area contributed by atoms with Crippen LogP contribution in [0.25, 0.3) is 11.2 Å². The summed E-state index contributed by atoms with van der Waals surface area (Å²) in [5, 5.41) is 2.64. The molecule has 2 N–H and O–H groups in total. The number of amides is 1. The summed E-state index contributed by atoms with van der Waals surface area (Å²) in [4.78, 5) is 23.1. The van der Waals surface area contributed by atoms with Crippen LogP contribution in [-0.4, -0.2) is 20.9 Å². The van der Waals surface area contributed by atoms with E-state index in [1.165, 1.54) is 18.5 Å². The molecular weight excluding hydrogens is 259 g/mol. The van der Waals surface area contributed by atoms with Crippen LogP contribution < -0.4 is 5.32 Å². The van der Waals surface area contributed by atoms with E-state index in [0.29, 0.717) is 11.3 Å². The van der Waals surface area contributed by atoms with Crippen LogP contribution >= 0.6 is 0 Å². The van der Waals surface area contributed by atoms with E-state index in [1.807, 2.05) is 0 Å². The van der Waals surface area contributed by atoms with Crippen molar-refractivity contribution in [3.63, 3.8) is 0 Å². The van der Waals surface area contributed by atoms with Crippen LogP contribution in [0.15, 0.2) is 36.7 Å². The highest BCUT2D eigenvalue weighted by Gasteiger charge is 2.11. The zero-order chi connectivity index (χ0) is 14.1. The highest BCUT2D eigenvalue weighted by atomic mass is 19.1. The first-order valence-corrected chi connectivity index (χ1v) is 6.01. The molecule has 0 fully saturated rings. The fourth-order valence-corrected chi connectivity index (χ4v) is 1.86. The molecule has 0 atom stereocenters. The average molecular weight is 270 g/mol. The summed E-state index contributed by atoms with van der Waals surface area (Å²) < 4.78 is 13.2. The van der Waals surface area contributed by atoms with Crippen LogP contribution in [0.2, 0.25) is 0 Å². The molecule has 1 aromatic carbocycles. The number of hydrogen-bond acceptors (Lipinski definition) is 3. The number of aromatic nitrogens is 3. The van der Waals surface area contributed by atoms with Gasteiger partial charge in [0.05, 0.1) is 11.8 Å². The number of hydrogen-bond donors (Lipinski definition) is 2. The van der Waals surface area contributed by atoms with Gasteiger partial charge in [-0.1, -0.05) is 6.07 Å². The Bertz CT molecular complexity index is 797. The Hall–Kier alpha value is -2.76. The fraction of sp³-hybridized carbons (Fsp3) is 0.0714. The molecule has 3 rings (SSSR count). The van der Waals surface area contributed by atoms with Crippen molar-refractivity contribution in [3.8, 4) is 0 Å². The molecule has 0 aliphatic carbocycles. The molecule has 2 aromatic heterocycles. The number of nitrogens with zero attached hydrogens (tertiary/aromatic N) is 2. The molecule has 0 unspecified atom stereocenters. The van der Waals surface area contributed by atoms with Gasteiger partial charge in [-0.2, -0.15) is 0 Å². The third-order valence-corrected chi connectivity index (χ3v) is 2.96. The van der Waals surface area contributed by atoms with E-state index in [-0.39, 0.29) is 5.69 Å². The number of aryl methyl sites for hydroxylation is 1. The molecule has 5 nitrogen and oxygen atoms in total. The Labute approximate surface area is 113 Å². The highest BCUT2D eigenvalue weighted by molar-refractivity contribution is 6.04. The van der Waals surface area contributed by atoms with Gasteiger partial charge in [0.25, 0.3) is 5.91 Å². The van der Waals surface area contributed by atoms with Crippen molar-refractivity contribution in [2.75, 3.05) is 5.32 Å². The highest BCUT2D eigenvalue weighted by Crippen LogP contribution is 2.17. The molecule has 20 heavy (non-hydrogen) atoms. The second-order valence-electron chi connectivity index (χ2n) is 4.38. The fourth-order valence-electron chi connectivity index (χ4n) is 1.86. The lowest BCUT2D eigenvalue weighted by molar-refractivity contribution is 0.102. The first kappa shape index (κ1) is 12.3. The van der Waals surface area contributed by atoms with Gasteiger partial charge in [0.1, 0.15) is 11.5 Å². The van der Waals surface area contributed by atoms with Crippen molar-refractivity contribution in [2.45, 2.75) is 6.92 Å². The van der Waals surface area contributed by atoms with Crippen LogP contribution in [0.1, 0.15) is 16.1 Å². The van der Waals surface area contributed by atoms with E-state index in [9.17, 15) is 9.18 Å². The van der Waals surface area contributed by atoms with Gasteiger partial charge in [0, 0.05) is 5.69 Å². The number of nitrogens with one attached hydrogen (secondary N) is 2. The standard InChI is InChI=1S/C14H11FN4O/c1-8-2-3-9(15)6-12(8)19-14(20)11-5-4-10-13(18-11)17-7-16-10/h2-7H,1H3,(H,19,20)(H,16,17,18). The zero-order valence-corrected chi connectivity index (χ0v) is 10.6. The Morgan fingerprint density at radius 2 is 2.15 bits per heavy atom. The second kappa shape index (κ2) is 4.73. The van der Waals surface area contributed by atoms with Crippen molar-refractivity contribution in [3.05, 3.63) is 53.7 Å². The molecule has 6 heteroatoms. The van der Waals surface area contributed by atoms with Crippen LogP contribution in [0.5, 0.6) is 0 Å². The van der Waals surface area contributed by atoms with Crippen molar-refractivity contribution < 1.29 is 9.18 Å². The predicted octanol–water partition coefficient (Wildman–Crippen LogP) is 2.66. The summed E-state index contributed by atoms with van der Waals surface area (Å²) in [6.45, 7) is 1.79. The van der Waals surface area contributed by atoms with E-state index in [1.54, 1.807) is 25.1 Å². The molecule has 0 bridgehead atoms. The molecule has 0 saturated carbocycles. The number of benzene rings is 1. The minimum absolute atomic E-state index is 0.230. The molecular formula is C14H11FN4O. The van der Waals surface area contributed by atoms with E-state index in [4.69, 9.17) is 0 Å². The number of H-pyrrole nitrogens is 1. The van der Waals surface area contributed by atoms with Crippen LogP contribution in [0, 0.1) is 12.7 Å². The van der Waals surface area contributed by atoms with Crippen molar-refractivity contribution in [1.29, 1.82) is 0 Å². The first-order valence-electron chi connectivity index (χ1n) is 6.01. The number of anilines is 1. The monoisotopic (exact) mass is 270 g/mol. The Kier molecular flexibility index (Phi) is 2.90. The molecule has 0 aliphatic rings. The number of carbonyl (C=O) groups excluding carboxylic acids is 1. The average Bonchev–Trinajstić information content (AvgIpc) is 2.90. The molecule has 1 amide bonds. The van der Waals surface area contributed by atoms with Crippen molar-refractivity contribution in [2.24, 2.45) is 0 Å². The maximum atomic E-state index is 13.2. The van der Waals surface area contributed by atoms with E-state index >= 15 is 0 Å². The number of rotatable bonds is 2. The van der Waals surface area contributed by atoms with Gasteiger partial charge in [-0.3, -0.25) is 4.79 Å². The molecule has 0 aliphatic heterocycles. The summed E-state index contributed by atoms with van der Waals surface area (Å²) in [6, 6.07) is 7.54. The Morgan fingerprint density at radius 1 is 1.30 bits per heavy atom. The smallest absolute Gasteiger partial charge is 0.274 e. The van der Waals surface area contributed by atoms with Gasteiger partial charge in [0.2, 0.25) is 0 Å². The third-order valence-electron chi connectivity index (χ3n) is 2.96. The van der Waals surface area contributed by atoms with Crippen LogP contribution in [0.4, 0.5) is 10.1 Å². The normalized spacial score (nSPS) is 10.7. The maximum absolute atomic E-state index is 13.2. The lowest BCUT2D eigenvalue weighted by atomic mass is 10.2. The predicted molar refractivity (Wildman–Crippen MR) is 73.0 cm³/mol. The lowest BCUT2D eigenvalue weighted by Crippen LogP contribution is -2.14. The minimum atomic E-state index is -0.401. The van der Waals surface area contributed by atoms with Gasteiger partial charge in [-0.15, -0.1) is 0 Å². The molecule has 2 heterocycles. The molecule has 3 aromatic rings. The number of halogens is 1. The van der Waals surface area contributed by atoms with Gasteiger partial charge in [-0.05, 0) is 36.8 Å². The number of aromatic amines is 1. The number of imidazole rings is 1. The van der Waals surface area contributed by atoms with E-state index < -0.39 is 11.7 Å². The summed E-state index contributed by atoms with van der Waals surface area (Å²) >= 11 is 0.